The first-order valence-electron chi connectivity index (χ1n) is 10.5. The molecule has 3 N–H and O–H groups in total. The van der Waals surface area contributed by atoms with Crippen molar-refractivity contribution in [1.82, 2.24) is 0 Å². The molecule has 0 unspecified atom stereocenters. The van der Waals surface area contributed by atoms with E-state index in [0.29, 0.717) is 18.3 Å². The molecular weight excluding hydrogens is 347 g/mol. The predicted molar refractivity (Wildman–Crippen MR) is 106 cm³/mol. The third-order valence-electron chi connectivity index (χ3n) is 5.81. The van der Waals surface area contributed by atoms with Crippen molar-refractivity contribution in [1.29, 1.82) is 0 Å². The minimum Gasteiger partial charge on any atom is -0.477 e. The summed E-state index contributed by atoms with van der Waals surface area (Å²) in [5.74, 6) is -3.30. The molecule has 0 bridgehead atoms. The minimum absolute atomic E-state index is 0.0625. The van der Waals surface area contributed by atoms with Crippen molar-refractivity contribution in [2.75, 3.05) is 0 Å². The second-order valence-corrected chi connectivity index (χ2v) is 8.03. The zero-order valence-electron chi connectivity index (χ0n) is 16.7. The lowest BCUT2D eigenvalue weighted by Crippen LogP contribution is -2.37. The predicted octanol–water partition coefficient (Wildman–Crippen LogP) is 5.35. The molecule has 0 saturated heterocycles. The van der Waals surface area contributed by atoms with E-state index in [0.717, 1.165) is 44.9 Å². The molecule has 1 rings (SSSR count). The van der Waals surface area contributed by atoms with Gasteiger partial charge < -0.3 is 15.3 Å². The highest BCUT2D eigenvalue weighted by Gasteiger charge is 2.32. The van der Waals surface area contributed by atoms with Gasteiger partial charge in [0.15, 0.2) is 0 Å². The van der Waals surface area contributed by atoms with Gasteiger partial charge in [-0.3, -0.25) is 0 Å². The van der Waals surface area contributed by atoms with Gasteiger partial charge in [0.2, 0.25) is 0 Å². The van der Waals surface area contributed by atoms with Crippen LogP contribution in [0.5, 0.6) is 0 Å². The standard InChI is InChI=1S/C22H37FO4/c1-3-4-10-18(17(2)23)12-8-13-20-15-9-14-19(20)11-6-5-7-16-22(26,27)21(24)25/h8,13,18-20,26-27H,2-7,9-12,14-16H2,1H3,(H,24,25)/t18-,19-,20-/m0/s1. The Bertz CT molecular complexity index is 487. The van der Waals surface area contributed by atoms with Crippen LogP contribution in [0.2, 0.25) is 0 Å². The van der Waals surface area contributed by atoms with Crippen LogP contribution in [0, 0.1) is 17.8 Å². The van der Waals surface area contributed by atoms with Crippen molar-refractivity contribution in [2.24, 2.45) is 17.8 Å². The summed E-state index contributed by atoms with van der Waals surface area (Å²) < 4.78 is 13.5. The summed E-state index contributed by atoms with van der Waals surface area (Å²) in [6, 6.07) is 0. The highest BCUT2D eigenvalue weighted by molar-refractivity contribution is 5.74. The van der Waals surface area contributed by atoms with E-state index in [1.54, 1.807) is 0 Å². The number of unbranched alkanes of at least 4 members (excludes halogenated alkanes) is 3. The van der Waals surface area contributed by atoms with E-state index >= 15 is 0 Å². The van der Waals surface area contributed by atoms with E-state index in [1.165, 1.54) is 19.3 Å². The molecule has 156 valence electrons. The lowest BCUT2D eigenvalue weighted by Gasteiger charge is -2.18. The Morgan fingerprint density at radius 2 is 2.00 bits per heavy atom. The number of carbonyl (C=O) groups is 1. The topological polar surface area (TPSA) is 77.8 Å². The lowest BCUT2D eigenvalue weighted by atomic mass is 9.89. The molecule has 0 heterocycles. The maximum atomic E-state index is 13.5. The average Bonchev–Trinajstić information content (AvgIpc) is 3.04. The molecule has 0 aromatic carbocycles. The van der Waals surface area contributed by atoms with Gasteiger partial charge in [-0.05, 0) is 50.4 Å². The molecule has 1 fully saturated rings. The van der Waals surface area contributed by atoms with Gasteiger partial charge in [-0.2, -0.15) is 0 Å². The van der Waals surface area contributed by atoms with Gasteiger partial charge in [0.05, 0.1) is 5.83 Å². The number of carboxylic acids is 1. The van der Waals surface area contributed by atoms with Crippen molar-refractivity contribution in [3.05, 3.63) is 24.6 Å². The van der Waals surface area contributed by atoms with Crippen molar-refractivity contribution in [3.63, 3.8) is 0 Å². The van der Waals surface area contributed by atoms with Crippen molar-refractivity contribution < 1.29 is 24.5 Å². The van der Waals surface area contributed by atoms with Gasteiger partial charge in [-0.25, -0.2) is 9.18 Å². The van der Waals surface area contributed by atoms with E-state index in [-0.39, 0.29) is 18.2 Å². The third kappa shape index (κ3) is 9.02. The van der Waals surface area contributed by atoms with Gasteiger partial charge in [-0.15, -0.1) is 0 Å². The third-order valence-corrected chi connectivity index (χ3v) is 5.81. The highest BCUT2D eigenvalue weighted by atomic mass is 19.1. The first kappa shape index (κ1) is 23.8. The molecule has 4 nitrogen and oxygen atoms in total. The summed E-state index contributed by atoms with van der Waals surface area (Å²) >= 11 is 0. The Kier molecular flexibility index (Phi) is 10.9. The van der Waals surface area contributed by atoms with Crippen molar-refractivity contribution in [2.45, 2.75) is 89.8 Å². The second kappa shape index (κ2) is 12.3. The number of hydrogen-bond donors (Lipinski definition) is 3. The molecule has 5 heteroatoms. The zero-order valence-corrected chi connectivity index (χ0v) is 16.7. The van der Waals surface area contributed by atoms with Crippen LogP contribution in [0.15, 0.2) is 24.6 Å². The van der Waals surface area contributed by atoms with E-state index in [4.69, 9.17) is 5.11 Å². The Balaban J connectivity index is 2.32. The maximum absolute atomic E-state index is 13.5. The first-order chi connectivity index (χ1) is 12.8. The van der Waals surface area contributed by atoms with Crippen LogP contribution >= 0.6 is 0 Å². The number of halogens is 1. The Morgan fingerprint density at radius 3 is 2.63 bits per heavy atom. The van der Waals surface area contributed by atoms with Crippen LogP contribution in [0.25, 0.3) is 0 Å². The molecule has 0 radical (unpaired) electrons. The SMILES string of the molecule is C=C(F)[C@H](CC=C[C@H]1CCC[C@@H]1CCCCCC(O)(O)C(=O)O)CCCC. The molecule has 1 aliphatic carbocycles. The van der Waals surface area contributed by atoms with Gasteiger partial charge >= 0.3 is 5.97 Å². The highest BCUT2D eigenvalue weighted by Crippen LogP contribution is 2.37. The van der Waals surface area contributed by atoms with Gasteiger partial charge in [0.1, 0.15) is 0 Å². The maximum Gasteiger partial charge on any atom is 0.364 e. The molecule has 0 amide bonds. The van der Waals surface area contributed by atoms with Crippen LogP contribution < -0.4 is 0 Å². The van der Waals surface area contributed by atoms with Crippen LogP contribution in [0.3, 0.4) is 0 Å². The number of carboxylic acid groups (broad SMARTS) is 1. The van der Waals surface area contributed by atoms with Crippen molar-refractivity contribution in [3.8, 4) is 0 Å². The van der Waals surface area contributed by atoms with Crippen LogP contribution in [-0.2, 0) is 4.79 Å². The smallest absolute Gasteiger partial charge is 0.364 e. The number of aliphatic carboxylic acids is 1. The van der Waals surface area contributed by atoms with Crippen LogP contribution in [0.4, 0.5) is 4.39 Å². The van der Waals surface area contributed by atoms with Gasteiger partial charge in [0, 0.05) is 12.3 Å². The fourth-order valence-corrected chi connectivity index (χ4v) is 4.01. The summed E-state index contributed by atoms with van der Waals surface area (Å²) in [6.07, 6.45) is 14.8. The summed E-state index contributed by atoms with van der Waals surface area (Å²) in [5.41, 5.74) is 0. The lowest BCUT2D eigenvalue weighted by molar-refractivity contribution is -0.205. The quantitative estimate of drug-likeness (QED) is 0.214. The second-order valence-electron chi connectivity index (χ2n) is 8.03. The zero-order chi connectivity index (χ0) is 20.3. The number of rotatable bonds is 14. The Morgan fingerprint density at radius 1 is 1.26 bits per heavy atom. The molecule has 1 saturated carbocycles. The summed E-state index contributed by atoms with van der Waals surface area (Å²) in [4.78, 5) is 10.6. The summed E-state index contributed by atoms with van der Waals surface area (Å²) in [7, 11) is 0. The molecule has 27 heavy (non-hydrogen) atoms. The largest absolute Gasteiger partial charge is 0.477 e. The van der Waals surface area contributed by atoms with E-state index in [9.17, 15) is 19.4 Å². The molecule has 0 aliphatic heterocycles. The fraction of sp³-hybridized carbons (Fsp3) is 0.773. The Labute approximate surface area is 163 Å². The molecule has 1 aliphatic rings. The van der Waals surface area contributed by atoms with E-state index < -0.39 is 11.8 Å². The van der Waals surface area contributed by atoms with Gasteiger partial charge in [-0.1, -0.05) is 57.8 Å². The fourth-order valence-electron chi connectivity index (χ4n) is 4.01. The van der Waals surface area contributed by atoms with E-state index in [2.05, 4.69) is 25.7 Å². The van der Waals surface area contributed by atoms with Crippen molar-refractivity contribution >= 4 is 5.97 Å². The Hall–Kier alpha value is -1.20. The van der Waals surface area contributed by atoms with Crippen LogP contribution in [-0.4, -0.2) is 27.1 Å². The first-order valence-corrected chi connectivity index (χ1v) is 10.5. The summed E-state index contributed by atoms with van der Waals surface area (Å²) in [5, 5.41) is 27.3. The number of aliphatic hydroxyl groups is 2. The summed E-state index contributed by atoms with van der Waals surface area (Å²) in [6.45, 7) is 5.60. The molecule has 0 spiro atoms. The number of allylic oxidation sites excluding steroid dienone is 3. The minimum atomic E-state index is -2.60. The molecular formula is C22H37FO4. The molecule has 3 atom stereocenters. The van der Waals surface area contributed by atoms with Crippen LogP contribution in [0.1, 0.15) is 84.0 Å². The monoisotopic (exact) mass is 384 g/mol. The normalized spacial score (nSPS) is 21.6. The number of hydrogen-bond acceptors (Lipinski definition) is 3. The molecule has 0 aromatic heterocycles. The van der Waals surface area contributed by atoms with Gasteiger partial charge in [0.25, 0.3) is 5.79 Å². The molecule has 0 aromatic rings. The average molecular weight is 385 g/mol. The van der Waals surface area contributed by atoms with E-state index in [1.807, 2.05) is 0 Å².